The van der Waals surface area contributed by atoms with Crippen LogP contribution < -0.4 is 4.74 Å². The highest BCUT2D eigenvalue weighted by molar-refractivity contribution is 9.10. The molecule has 2 unspecified atom stereocenters. The summed E-state index contributed by atoms with van der Waals surface area (Å²) in [5.41, 5.74) is 4.61. The number of rotatable bonds is 4. The standard InChI is InChI=1S/C25H22BrN3O3/c1-31-17-7-4-15(5-8-17)24-23-20(19-11-16(26)6-9-21(19)27-23)12-22-25(30)28(14-29(22)24)13-18-3-2-10-32-18/h2-11,22,24,27H,12-14H2,1H3. The number of carbonyl (C=O) groups excluding carboxylic acids is 1. The summed E-state index contributed by atoms with van der Waals surface area (Å²) in [5.74, 6) is 1.76. The molecule has 1 amide bonds. The van der Waals surface area contributed by atoms with E-state index in [4.69, 9.17) is 9.15 Å². The van der Waals surface area contributed by atoms with Crippen molar-refractivity contribution >= 4 is 32.7 Å². The highest BCUT2D eigenvalue weighted by Crippen LogP contribution is 2.44. The zero-order chi connectivity index (χ0) is 21.8. The number of ether oxygens (including phenoxy) is 1. The molecule has 0 aliphatic carbocycles. The lowest BCUT2D eigenvalue weighted by molar-refractivity contribution is -0.130. The van der Waals surface area contributed by atoms with Crippen LogP contribution in [0.2, 0.25) is 0 Å². The molecule has 6 nitrogen and oxygen atoms in total. The molecule has 32 heavy (non-hydrogen) atoms. The van der Waals surface area contributed by atoms with Crippen molar-refractivity contribution in [1.29, 1.82) is 0 Å². The van der Waals surface area contributed by atoms with E-state index in [0.717, 1.165) is 32.8 Å². The Balaban J connectivity index is 1.46. The van der Waals surface area contributed by atoms with Crippen molar-refractivity contribution in [2.24, 2.45) is 0 Å². The van der Waals surface area contributed by atoms with Crippen molar-refractivity contribution in [3.63, 3.8) is 0 Å². The Morgan fingerprint density at radius 3 is 2.78 bits per heavy atom. The zero-order valence-electron chi connectivity index (χ0n) is 17.5. The van der Waals surface area contributed by atoms with E-state index in [1.54, 1.807) is 13.4 Å². The van der Waals surface area contributed by atoms with E-state index in [-0.39, 0.29) is 18.0 Å². The van der Waals surface area contributed by atoms with Gasteiger partial charge in [0.2, 0.25) is 5.91 Å². The smallest absolute Gasteiger partial charge is 0.241 e. The summed E-state index contributed by atoms with van der Waals surface area (Å²) < 4.78 is 11.9. The first kappa shape index (κ1) is 19.6. The maximum atomic E-state index is 13.5. The summed E-state index contributed by atoms with van der Waals surface area (Å²) in [7, 11) is 1.67. The molecular weight excluding hydrogens is 470 g/mol. The number of fused-ring (bicyclic) bond motifs is 4. The van der Waals surface area contributed by atoms with Gasteiger partial charge in [-0.2, -0.15) is 0 Å². The lowest BCUT2D eigenvalue weighted by Crippen LogP contribution is -2.42. The number of nitrogens with zero attached hydrogens (tertiary/aromatic N) is 2. The van der Waals surface area contributed by atoms with Crippen LogP contribution in [0.25, 0.3) is 10.9 Å². The fraction of sp³-hybridized carbons (Fsp3) is 0.240. The number of hydrogen-bond acceptors (Lipinski definition) is 4. The quantitative estimate of drug-likeness (QED) is 0.443. The monoisotopic (exact) mass is 491 g/mol. The predicted octanol–water partition coefficient (Wildman–Crippen LogP) is 4.85. The molecule has 7 heteroatoms. The molecule has 2 aliphatic heterocycles. The van der Waals surface area contributed by atoms with Crippen molar-refractivity contribution in [1.82, 2.24) is 14.8 Å². The fourth-order valence-electron chi connectivity index (χ4n) is 5.10. The minimum atomic E-state index is -0.206. The van der Waals surface area contributed by atoms with Gasteiger partial charge in [0.25, 0.3) is 0 Å². The highest BCUT2D eigenvalue weighted by atomic mass is 79.9. The maximum Gasteiger partial charge on any atom is 0.241 e. The molecule has 4 aromatic rings. The Kier molecular flexibility index (Phi) is 4.62. The van der Waals surface area contributed by atoms with Crippen LogP contribution in [0.1, 0.15) is 28.6 Å². The SMILES string of the molecule is COc1ccc(C2c3[nH]c4ccc(Br)cc4c3CC3C(=O)N(Cc4ccco4)CN32)cc1. The number of aromatic amines is 1. The number of aromatic nitrogens is 1. The van der Waals surface area contributed by atoms with E-state index in [1.807, 2.05) is 35.2 Å². The molecule has 0 spiro atoms. The van der Waals surface area contributed by atoms with Crippen molar-refractivity contribution in [2.45, 2.75) is 25.0 Å². The van der Waals surface area contributed by atoms with Gasteiger partial charge >= 0.3 is 0 Å². The predicted molar refractivity (Wildman–Crippen MR) is 124 cm³/mol. The molecule has 2 atom stereocenters. The topological polar surface area (TPSA) is 61.7 Å². The number of H-pyrrole nitrogens is 1. The van der Waals surface area contributed by atoms with Crippen LogP contribution in [-0.2, 0) is 17.8 Å². The van der Waals surface area contributed by atoms with Gasteiger partial charge in [-0.25, -0.2) is 0 Å². The van der Waals surface area contributed by atoms with Gasteiger partial charge < -0.3 is 19.0 Å². The summed E-state index contributed by atoms with van der Waals surface area (Å²) in [4.78, 5) is 21.3. The molecule has 6 rings (SSSR count). The third kappa shape index (κ3) is 3.07. The second-order valence-corrected chi connectivity index (χ2v) is 9.29. The number of hydrogen-bond donors (Lipinski definition) is 1. The van der Waals surface area contributed by atoms with Crippen molar-refractivity contribution in [3.8, 4) is 5.75 Å². The Morgan fingerprint density at radius 1 is 1.19 bits per heavy atom. The second-order valence-electron chi connectivity index (χ2n) is 8.37. The summed E-state index contributed by atoms with van der Waals surface area (Å²) in [5, 5.41) is 1.17. The zero-order valence-corrected chi connectivity index (χ0v) is 19.1. The van der Waals surface area contributed by atoms with Crippen LogP contribution >= 0.6 is 15.9 Å². The number of methoxy groups -OCH3 is 1. The van der Waals surface area contributed by atoms with Gasteiger partial charge in [0.05, 0.1) is 38.7 Å². The lowest BCUT2D eigenvalue weighted by atomic mass is 9.89. The lowest BCUT2D eigenvalue weighted by Gasteiger charge is -2.36. The van der Waals surface area contributed by atoms with E-state index in [9.17, 15) is 4.79 Å². The summed E-state index contributed by atoms with van der Waals surface area (Å²) in [6.07, 6.45) is 2.34. The van der Waals surface area contributed by atoms with Crippen LogP contribution in [0.4, 0.5) is 0 Å². The Bertz CT molecular complexity index is 1300. The summed E-state index contributed by atoms with van der Waals surface area (Å²) >= 11 is 3.61. The average molecular weight is 492 g/mol. The number of amides is 1. The summed E-state index contributed by atoms with van der Waals surface area (Å²) in [6.45, 7) is 1.04. The van der Waals surface area contributed by atoms with Crippen LogP contribution in [0.5, 0.6) is 5.75 Å². The summed E-state index contributed by atoms with van der Waals surface area (Å²) in [6, 6.07) is 18.0. The third-order valence-electron chi connectivity index (χ3n) is 6.59. The maximum absolute atomic E-state index is 13.5. The van der Waals surface area contributed by atoms with Crippen LogP contribution in [0, 0.1) is 0 Å². The van der Waals surface area contributed by atoms with Crippen LogP contribution in [0.3, 0.4) is 0 Å². The average Bonchev–Trinajstić information content (AvgIpc) is 3.52. The minimum Gasteiger partial charge on any atom is -0.497 e. The van der Waals surface area contributed by atoms with Crippen molar-refractivity contribution in [3.05, 3.63) is 87.9 Å². The van der Waals surface area contributed by atoms with E-state index in [1.165, 1.54) is 10.9 Å². The highest BCUT2D eigenvalue weighted by Gasteiger charge is 2.47. The number of carbonyl (C=O) groups is 1. The third-order valence-corrected chi connectivity index (χ3v) is 7.09. The number of furan rings is 1. The molecule has 0 bridgehead atoms. The second kappa shape index (κ2) is 7.53. The fourth-order valence-corrected chi connectivity index (χ4v) is 5.46. The van der Waals surface area contributed by atoms with Gasteiger partial charge in [-0.05, 0) is 60.0 Å². The Hall–Kier alpha value is -3.03. The van der Waals surface area contributed by atoms with Gasteiger partial charge in [0, 0.05) is 21.1 Å². The molecule has 2 aromatic carbocycles. The molecular formula is C25H22BrN3O3. The molecule has 162 valence electrons. The first-order chi connectivity index (χ1) is 15.6. The first-order valence-electron chi connectivity index (χ1n) is 10.6. The Morgan fingerprint density at radius 2 is 2.03 bits per heavy atom. The van der Waals surface area contributed by atoms with Crippen LogP contribution in [-0.4, -0.2) is 40.5 Å². The first-order valence-corrected chi connectivity index (χ1v) is 11.4. The van der Waals surface area contributed by atoms with Crippen molar-refractivity contribution in [2.75, 3.05) is 13.8 Å². The number of nitrogens with one attached hydrogen (secondary N) is 1. The van der Waals surface area contributed by atoms with E-state index < -0.39 is 0 Å². The van der Waals surface area contributed by atoms with E-state index >= 15 is 0 Å². The number of benzene rings is 2. The molecule has 1 fully saturated rings. The van der Waals surface area contributed by atoms with Gasteiger partial charge in [0.1, 0.15) is 11.5 Å². The minimum absolute atomic E-state index is 0.0496. The normalized spacial score (nSPS) is 20.6. The largest absolute Gasteiger partial charge is 0.497 e. The molecule has 2 aliphatic rings. The van der Waals surface area contributed by atoms with Crippen LogP contribution in [0.15, 0.2) is 69.8 Å². The molecule has 0 saturated carbocycles. The van der Waals surface area contributed by atoms with Gasteiger partial charge in [-0.15, -0.1) is 0 Å². The van der Waals surface area contributed by atoms with E-state index in [0.29, 0.717) is 19.6 Å². The van der Waals surface area contributed by atoms with Gasteiger partial charge in [-0.3, -0.25) is 9.69 Å². The molecule has 1 N–H and O–H groups in total. The van der Waals surface area contributed by atoms with Gasteiger partial charge in [0.15, 0.2) is 0 Å². The Labute approximate surface area is 193 Å². The van der Waals surface area contributed by atoms with Gasteiger partial charge in [-0.1, -0.05) is 28.1 Å². The van der Waals surface area contributed by atoms with E-state index in [2.05, 4.69) is 50.1 Å². The number of halogens is 1. The molecule has 0 radical (unpaired) electrons. The van der Waals surface area contributed by atoms with Crippen molar-refractivity contribution < 1.29 is 13.9 Å². The molecule has 4 heterocycles. The molecule has 2 aromatic heterocycles. The molecule has 1 saturated heterocycles.